The number of nitrogens with one attached hydrogen (secondary N) is 1. The number of carbonyl (C=O) groups is 1. The highest BCUT2D eigenvalue weighted by Crippen LogP contribution is 2.24. The third-order valence-corrected chi connectivity index (χ3v) is 1.63. The van der Waals surface area contributed by atoms with E-state index in [1.807, 2.05) is 0 Å². The van der Waals surface area contributed by atoms with Crippen molar-refractivity contribution >= 4 is 11.8 Å². The lowest BCUT2D eigenvalue weighted by atomic mass is 10.2. The summed E-state index contributed by atoms with van der Waals surface area (Å²) in [6.07, 6.45) is 0.566. The van der Waals surface area contributed by atoms with Gasteiger partial charge in [-0.15, -0.1) is 5.10 Å². The molecule has 1 aromatic heterocycles. The van der Waals surface area contributed by atoms with Crippen molar-refractivity contribution in [1.29, 1.82) is 0 Å². The summed E-state index contributed by atoms with van der Waals surface area (Å²) in [4.78, 5) is 11.5. The summed E-state index contributed by atoms with van der Waals surface area (Å²) in [6.45, 7) is 2.05. The molecular formula is C10H15F2N3O3. The fourth-order valence-electron chi connectivity index (χ4n) is 1.14. The summed E-state index contributed by atoms with van der Waals surface area (Å²) in [5.41, 5.74) is -0.664. The number of anilines is 1. The minimum absolute atomic E-state index is 0.0204. The van der Waals surface area contributed by atoms with Crippen molar-refractivity contribution in [3.8, 4) is 5.88 Å². The molecular weight excluding hydrogens is 248 g/mol. The zero-order chi connectivity index (χ0) is 13.9. The number of rotatable bonds is 3. The molecule has 0 aliphatic rings. The molecule has 0 radical (unpaired) electrons. The third kappa shape index (κ3) is 4.56. The van der Waals surface area contributed by atoms with Gasteiger partial charge in [-0.3, -0.25) is 10.00 Å². The molecule has 1 N–H and O–H groups in total. The Bertz CT molecular complexity index is 426. The molecule has 0 spiro atoms. The van der Waals surface area contributed by atoms with Crippen molar-refractivity contribution in [3.05, 3.63) is 6.20 Å². The second-order valence-corrected chi connectivity index (χ2v) is 4.53. The van der Waals surface area contributed by atoms with E-state index in [-0.39, 0.29) is 11.6 Å². The van der Waals surface area contributed by atoms with Crippen LogP contribution in [-0.4, -0.2) is 28.1 Å². The fraction of sp³-hybridized carbons (Fsp3) is 0.600. The Morgan fingerprint density at radius 1 is 1.50 bits per heavy atom. The standard InChI is InChI=1S/C10H15F2N3O3/c1-10(2,3)18-9(16)13-6-5-15(4)14-7(6)17-8(11)12/h5,8H,1-4H3,(H,13,16). The van der Waals surface area contributed by atoms with E-state index in [0.717, 1.165) is 0 Å². The Kier molecular flexibility index (Phi) is 4.10. The van der Waals surface area contributed by atoms with Crippen LogP contribution in [0.3, 0.4) is 0 Å². The van der Waals surface area contributed by atoms with E-state index in [0.29, 0.717) is 0 Å². The first-order chi connectivity index (χ1) is 8.17. The quantitative estimate of drug-likeness (QED) is 0.909. The molecule has 1 rings (SSSR count). The molecule has 0 bridgehead atoms. The number of amides is 1. The lowest BCUT2D eigenvalue weighted by molar-refractivity contribution is -0.0527. The number of hydrogen-bond donors (Lipinski definition) is 1. The van der Waals surface area contributed by atoms with Crippen LogP contribution in [0.1, 0.15) is 20.8 Å². The molecule has 0 aliphatic heterocycles. The number of halogens is 2. The first kappa shape index (κ1) is 14.2. The average Bonchev–Trinajstić information content (AvgIpc) is 2.41. The van der Waals surface area contributed by atoms with Crippen LogP contribution in [0.25, 0.3) is 0 Å². The van der Waals surface area contributed by atoms with E-state index in [2.05, 4.69) is 15.2 Å². The number of carbonyl (C=O) groups excluding carboxylic acids is 1. The van der Waals surface area contributed by atoms with Gasteiger partial charge in [0.05, 0.1) is 6.20 Å². The van der Waals surface area contributed by atoms with Gasteiger partial charge in [0.2, 0.25) is 0 Å². The summed E-state index contributed by atoms with van der Waals surface area (Å²) in [5, 5.41) is 5.93. The van der Waals surface area contributed by atoms with Gasteiger partial charge in [-0.05, 0) is 20.8 Å². The largest absolute Gasteiger partial charge is 0.444 e. The van der Waals surface area contributed by atoms with Crippen LogP contribution in [0.15, 0.2) is 6.20 Å². The monoisotopic (exact) mass is 263 g/mol. The maximum absolute atomic E-state index is 12.1. The molecule has 18 heavy (non-hydrogen) atoms. The van der Waals surface area contributed by atoms with Gasteiger partial charge in [0.1, 0.15) is 11.3 Å². The Labute approximate surface area is 103 Å². The van der Waals surface area contributed by atoms with Crippen molar-refractivity contribution in [3.63, 3.8) is 0 Å². The molecule has 0 unspecified atom stereocenters. The summed E-state index contributed by atoms with van der Waals surface area (Å²) in [6, 6.07) is 0. The van der Waals surface area contributed by atoms with E-state index < -0.39 is 18.3 Å². The second-order valence-electron chi connectivity index (χ2n) is 4.53. The van der Waals surface area contributed by atoms with Gasteiger partial charge in [0, 0.05) is 7.05 Å². The number of hydrogen-bond acceptors (Lipinski definition) is 4. The highest BCUT2D eigenvalue weighted by Gasteiger charge is 2.20. The maximum atomic E-state index is 12.1. The molecule has 8 heteroatoms. The van der Waals surface area contributed by atoms with Crippen molar-refractivity contribution in [2.24, 2.45) is 7.05 Å². The zero-order valence-electron chi connectivity index (χ0n) is 10.5. The van der Waals surface area contributed by atoms with Crippen molar-refractivity contribution < 1.29 is 23.0 Å². The van der Waals surface area contributed by atoms with Crippen LogP contribution >= 0.6 is 0 Å². The van der Waals surface area contributed by atoms with Gasteiger partial charge in [0.15, 0.2) is 0 Å². The fourth-order valence-corrected chi connectivity index (χ4v) is 1.14. The van der Waals surface area contributed by atoms with E-state index in [4.69, 9.17) is 4.74 Å². The Hall–Kier alpha value is -1.86. The highest BCUT2D eigenvalue weighted by atomic mass is 19.3. The number of aromatic nitrogens is 2. The molecule has 1 heterocycles. The van der Waals surface area contributed by atoms with E-state index in [1.165, 1.54) is 17.9 Å². The van der Waals surface area contributed by atoms with Gasteiger partial charge in [-0.25, -0.2) is 4.79 Å². The summed E-state index contributed by atoms with van der Waals surface area (Å²) in [7, 11) is 1.51. The summed E-state index contributed by atoms with van der Waals surface area (Å²) in [5.74, 6) is -0.363. The van der Waals surface area contributed by atoms with Gasteiger partial charge in [-0.2, -0.15) is 8.78 Å². The highest BCUT2D eigenvalue weighted by molar-refractivity contribution is 5.86. The molecule has 1 aromatic rings. The smallest absolute Gasteiger partial charge is 0.412 e. The Morgan fingerprint density at radius 2 is 2.11 bits per heavy atom. The number of alkyl halides is 2. The topological polar surface area (TPSA) is 65.4 Å². The van der Waals surface area contributed by atoms with Crippen LogP contribution in [0, 0.1) is 0 Å². The SMILES string of the molecule is Cn1cc(NC(=O)OC(C)(C)C)c(OC(F)F)n1. The van der Waals surface area contributed by atoms with Crippen molar-refractivity contribution in [2.75, 3.05) is 5.32 Å². The number of aryl methyl sites for hydroxylation is 1. The second kappa shape index (κ2) is 5.19. The van der Waals surface area contributed by atoms with E-state index >= 15 is 0 Å². The molecule has 102 valence electrons. The van der Waals surface area contributed by atoms with Crippen LogP contribution in [0.5, 0.6) is 5.88 Å². The molecule has 6 nitrogen and oxygen atoms in total. The van der Waals surface area contributed by atoms with Crippen LogP contribution in [-0.2, 0) is 11.8 Å². The van der Waals surface area contributed by atoms with Gasteiger partial charge >= 0.3 is 12.7 Å². The third-order valence-electron chi connectivity index (χ3n) is 1.63. The lowest BCUT2D eigenvalue weighted by Crippen LogP contribution is -2.27. The Balaban J connectivity index is 2.74. The number of ether oxygens (including phenoxy) is 2. The van der Waals surface area contributed by atoms with Gasteiger partial charge in [0.25, 0.3) is 5.88 Å². The molecule has 0 aromatic carbocycles. The lowest BCUT2D eigenvalue weighted by Gasteiger charge is -2.19. The maximum Gasteiger partial charge on any atom is 0.412 e. The van der Waals surface area contributed by atoms with Gasteiger partial charge in [-0.1, -0.05) is 0 Å². The van der Waals surface area contributed by atoms with E-state index in [1.54, 1.807) is 20.8 Å². The minimum atomic E-state index is -3.01. The molecule has 0 saturated carbocycles. The minimum Gasteiger partial charge on any atom is -0.444 e. The van der Waals surface area contributed by atoms with Crippen LogP contribution < -0.4 is 10.1 Å². The van der Waals surface area contributed by atoms with Crippen molar-refractivity contribution in [2.45, 2.75) is 33.0 Å². The predicted octanol–water partition coefficient (Wildman–Crippen LogP) is 2.37. The normalized spacial score (nSPS) is 11.5. The first-order valence-corrected chi connectivity index (χ1v) is 5.16. The van der Waals surface area contributed by atoms with Crippen LogP contribution in [0.4, 0.5) is 19.3 Å². The van der Waals surface area contributed by atoms with Crippen LogP contribution in [0.2, 0.25) is 0 Å². The molecule has 0 fully saturated rings. The Morgan fingerprint density at radius 3 is 2.61 bits per heavy atom. The average molecular weight is 263 g/mol. The predicted molar refractivity (Wildman–Crippen MR) is 59.7 cm³/mol. The first-order valence-electron chi connectivity index (χ1n) is 5.16. The van der Waals surface area contributed by atoms with Crippen molar-refractivity contribution in [1.82, 2.24) is 9.78 Å². The molecule has 0 atom stereocenters. The van der Waals surface area contributed by atoms with E-state index in [9.17, 15) is 13.6 Å². The van der Waals surface area contributed by atoms with Gasteiger partial charge < -0.3 is 9.47 Å². The summed E-state index contributed by atoms with van der Waals surface area (Å²) < 4.78 is 34.6. The molecule has 1 amide bonds. The summed E-state index contributed by atoms with van der Waals surface area (Å²) >= 11 is 0. The molecule has 0 aliphatic carbocycles. The molecule has 0 saturated heterocycles. The zero-order valence-corrected chi connectivity index (χ0v) is 10.5. The number of nitrogens with zero attached hydrogens (tertiary/aromatic N) is 2.